The number of ether oxygens (including phenoxy) is 1. The first-order chi connectivity index (χ1) is 18.9. The highest BCUT2D eigenvalue weighted by molar-refractivity contribution is 8.02. The van der Waals surface area contributed by atoms with Gasteiger partial charge in [-0.25, -0.2) is 0 Å². The molecule has 0 radical (unpaired) electrons. The fraction of sp³-hybridized carbons (Fsp3) is 0.645. The summed E-state index contributed by atoms with van der Waals surface area (Å²) in [6.45, 7) is 8.28. The summed E-state index contributed by atoms with van der Waals surface area (Å²) in [7, 11) is 0. The molecule has 7 nitrogen and oxygen atoms in total. The highest BCUT2D eigenvalue weighted by Gasteiger charge is 2.77. The third-order valence-electron chi connectivity index (χ3n) is 9.52. The topological polar surface area (TPSA) is 87.2 Å². The Bertz CT molecular complexity index is 1080. The molecule has 7 atom stereocenters. The van der Waals surface area contributed by atoms with Crippen molar-refractivity contribution in [1.82, 2.24) is 9.80 Å². The number of rotatable bonds is 10. The molecule has 4 aliphatic rings. The fourth-order valence-corrected chi connectivity index (χ4v) is 10.3. The second-order valence-corrected chi connectivity index (χ2v) is 13.2. The molecule has 1 aromatic carbocycles. The van der Waals surface area contributed by atoms with Gasteiger partial charge in [-0.1, -0.05) is 62.6 Å². The summed E-state index contributed by atoms with van der Waals surface area (Å²) in [6, 6.07) is 8.58. The maximum Gasteiger partial charge on any atom is 0.310 e. The van der Waals surface area contributed by atoms with E-state index in [1.807, 2.05) is 35.2 Å². The molecule has 39 heavy (non-hydrogen) atoms. The first-order valence-electron chi connectivity index (χ1n) is 14.6. The van der Waals surface area contributed by atoms with Gasteiger partial charge in [0.05, 0.1) is 35.8 Å². The number of esters is 1. The Kier molecular flexibility index (Phi) is 8.43. The fourth-order valence-electron chi connectivity index (χ4n) is 7.88. The summed E-state index contributed by atoms with van der Waals surface area (Å²) in [4.78, 5) is 46.2. The van der Waals surface area contributed by atoms with E-state index >= 15 is 0 Å². The number of likely N-dealkylation sites (tertiary alicyclic amines) is 1. The van der Waals surface area contributed by atoms with Crippen molar-refractivity contribution in [3.63, 3.8) is 0 Å². The van der Waals surface area contributed by atoms with Gasteiger partial charge in [-0.05, 0) is 44.1 Å². The van der Waals surface area contributed by atoms with Crippen molar-refractivity contribution in [3.05, 3.63) is 48.6 Å². The number of hydrogen-bond donors (Lipinski definition) is 1. The van der Waals surface area contributed by atoms with E-state index in [0.717, 1.165) is 37.7 Å². The zero-order valence-electron chi connectivity index (χ0n) is 23.2. The van der Waals surface area contributed by atoms with Gasteiger partial charge in [0.25, 0.3) is 0 Å². The second kappa shape index (κ2) is 11.7. The lowest BCUT2D eigenvalue weighted by molar-refractivity contribution is -0.154. The average Bonchev–Trinajstić information content (AvgIpc) is 3.55. The zero-order chi connectivity index (χ0) is 27.7. The van der Waals surface area contributed by atoms with Crippen LogP contribution in [0.25, 0.3) is 0 Å². The van der Waals surface area contributed by atoms with Crippen LogP contribution in [0.4, 0.5) is 0 Å². The smallest absolute Gasteiger partial charge is 0.310 e. The average molecular weight is 555 g/mol. The first kappa shape index (κ1) is 28.2. The van der Waals surface area contributed by atoms with Gasteiger partial charge in [0.2, 0.25) is 11.8 Å². The number of aliphatic hydroxyl groups is 1. The molecule has 1 N–H and O–H groups in total. The molecule has 2 bridgehead atoms. The minimum absolute atomic E-state index is 0.0466. The van der Waals surface area contributed by atoms with Crippen LogP contribution < -0.4 is 0 Å². The summed E-state index contributed by atoms with van der Waals surface area (Å²) in [5, 5.41) is 10.6. The molecule has 3 unspecified atom stereocenters. The number of carbonyl (C=O) groups is 3. The SMILES string of the molecule is C=CCN(C(=O)C1N([C@@H](CO)Cc2ccccc2)C(=O)[C@@H]2[C@@H](C(=O)OCC)[C@H]3CC(C)C12S3)C1CCCCC1. The molecule has 3 aliphatic heterocycles. The van der Waals surface area contributed by atoms with Crippen molar-refractivity contribution in [2.75, 3.05) is 19.8 Å². The van der Waals surface area contributed by atoms with Crippen molar-refractivity contribution in [2.24, 2.45) is 17.8 Å². The summed E-state index contributed by atoms with van der Waals surface area (Å²) in [5.41, 5.74) is 0.993. The second-order valence-electron chi connectivity index (χ2n) is 11.6. The molecule has 1 spiro atoms. The quantitative estimate of drug-likeness (QED) is 0.349. The largest absolute Gasteiger partial charge is 0.466 e. The molecular weight excluding hydrogens is 512 g/mol. The van der Waals surface area contributed by atoms with Crippen LogP contribution in [0.1, 0.15) is 57.9 Å². The van der Waals surface area contributed by atoms with Crippen molar-refractivity contribution in [1.29, 1.82) is 0 Å². The zero-order valence-corrected chi connectivity index (χ0v) is 24.0. The lowest BCUT2D eigenvalue weighted by Gasteiger charge is -2.44. The summed E-state index contributed by atoms with van der Waals surface area (Å²) >= 11 is 1.66. The summed E-state index contributed by atoms with van der Waals surface area (Å²) in [5.74, 6) is -1.73. The number of carbonyl (C=O) groups excluding carboxylic acids is 3. The number of fused-ring (bicyclic) bond motifs is 1. The minimum Gasteiger partial charge on any atom is -0.466 e. The van der Waals surface area contributed by atoms with Crippen LogP contribution in [0.5, 0.6) is 0 Å². The minimum atomic E-state index is -0.748. The van der Waals surface area contributed by atoms with Crippen molar-refractivity contribution in [2.45, 2.75) is 86.9 Å². The molecule has 2 amide bonds. The van der Waals surface area contributed by atoms with E-state index in [9.17, 15) is 19.5 Å². The number of benzene rings is 1. The van der Waals surface area contributed by atoms with E-state index in [-0.39, 0.29) is 48.2 Å². The molecule has 3 saturated heterocycles. The van der Waals surface area contributed by atoms with Gasteiger partial charge in [0.15, 0.2) is 0 Å². The van der Waals surface area contributed by atoms with Gasteiger partial charge in [-0.3, -0.25) is 14.4 Å². The highest BCUT2D eigenvalue weighted by Crippen LogP contribution is 2.69. The van der Waals surface area contributed by atoms with Crippen molar-refractivity contribution in [3.8, 4) is 0 Å². The highest BCUT2D eigenvalue weighted by atomic mass is 32.2. The lowest BCUT2D eigenvalue weighted by Crippen LogP contribution is -2.61. The first-order valence-corrected chi connectivity index (χ1v) is 15.5. The molecule has 212 valence electrons. The van der Waals surface area contributed by atoms with Crippen LogP contribution in [-0.4, -0.2) is 80.6 Å². The molecule has 1 aromatic rings. The molecule has 0 aromatic heterocycles. The predicted molar refractivity (Wildman–Crippen MR) is 152 cm³/mol. The van der Waals surface area contributed by atoms with Crippen molar-refractivity contribution >= 4 is 29.5 Å². The van der Waals surface area contributed by atoms with Gasteiger partial charge in [-0.2, -0.15) is 0 Å². The van der Waals surface area contributed by atoms with Crippen LogP contribution in [0.15, 0.2) is 43.0 Å². The Morgan fingerprint density at radius 3 is 2.62 bits per heavy atom. The van der Waals surface area contributed by atoms with Gasteiger partial charge in [0, 0.05) is 17.8 Å². The van der Waals surface area contributed by atoms with Gasteiger partial charge in [0.1, 0.15) is 6.04 Å². The van der Waals surface area contributed by atoms with Crippen LogP contribution in [0.2, 0.25) is 0 Å². The van der Waals surface area contributed by atoms with Crippen LogP contribution in [-0.2, 0) is 25.5 Å². The summed E-state index contributed by atoms with van der Waals surface area (Å²) in [6.07, 6.45) is 8.21. The summed E-state index contributed by atoms with van der Waals surface area (Å²) < 4.78 is 4.75. The molecular formula is C31H42N2O5S. The predicted octanol–water partition coefficient (Wildman–Crippen LogP) is 3.84. The molecule has 3 heterocycles. The van der Waals surface area contributed by atoms with E-state index in [2.05, 4.69) is 13.5 Å². The maximum atomic E-state index is 14.8. The van der Waals surface area contributed by atoms with E-state index in [1.54, 1.807) is 29.7 Å². The Morgan fingerprint density at radius 2 is 1.97 bits per heavy atom. The van der Waals surface area contributed by atoms with Gasteiger partial charge in [-0.15, -0.1) is 18.3 Å². The standard InChI is InChI=1S/C31H42N2O5S/c1-4-16-32(22-14-10-7-11-15-22)29(36)27-31-20(3)17-24(39-31)25(30(37)38-5-2)26(31)28(35)33(27)23(19-34)18-21-12-8-6-9-13-21/h4,6,8-9,12-13,20,22-27,34H,1,5,7,10-11,14-19H2,2-3H3/t20?,23-,24-,25+,26+,27?,31?/m1/s1. The number of aliphatic hydroxyl groups excluding tert-OH is 1. The lowest BCUT2D eigenvalue weighted by atomic mass is 9.66. The Morgan fingerprint density at radius 1 is 1.26 bits per heavy atom. The Hall–Kier alpha value is -2.32. The normalized spacial score (nSPS) is 32.6. The Labute approximate surface area is 236 Å². The van der Waals surface area contributed by atoms with Crippen LogP contribution >= 0.6 is 11.8 Å². The maximum absolute atomic E-state index is 14.8. The van der Waals surface area contributed by atoms with Crippen molar-refractivity contribution < 1.29 is 24.2 Å². The molecule has 5 rings (SSSR count). The van der Waals surface area contributed by atoms with E-state index in [0.29, 0.717) is 13.0 Å². The number of hydrogen-bond acceptors (Lipinski definition) is 6. The van der Waals surface area contributed by atoms with Gasteiger partial charge < -0.3 is 19.6 Å². The monoisotopic (exact) mass is 554 g/mol. The number of thioether (sulfide) groups is 1. The molecule has 1 saturated carbocycles. The van der Waals surface area contributed by atoms with Crippen LogP contribution in [0.3, 0.4) is 0 Å². The third-order valence-corrected chi connectivity index (χ3v) is 11.6. The molecule has 8 heteroatoms. The van der Waals surface area contributed by atoms with Crippen LogP contribution in [0, 0.1) is 17.8 Å². The third kappa shape index (κ3) is 4.71. The number of amides is 2. The molecule has 4 fully saturated rings. The Balaban J connectivity index is 1.59. The van der Waals surface area contributed by atoms with E-state index < -0.39 is 28.7 Å². The van der Waals surface area contributed by atoms with E-state index in [4.69, 9.17) is 4.74 Å². The van der Waals surface area contributed by atoms with E-state index in [1.165, 1.54) is 6.42 Å². The number of nitrogens with zero attached hydrogens (tertiary/aromatic N) is 2. The molecule has 1 aliphatic carbocycles. The van der Waals surface area contributed by atoms with Gasteiger partial charge >= 0.3 is 5.97 Å².